The van der Waals surface area contributed by atoms with Crippen molar-refractivity contribution < 1.29 is 9.18 Å². The smallest absolute Gasteiger partial charge is 0.317 e. The number of benzene rings is 2. The maximum atomic E-state index is 14.0. The minimum atomic E-state index is -0.700. The molecule has 0 bridgehead atoms. The molecule has 7 nitrogen and oxygen atoms in total. The third-order valence-corrected chi connectivity index (χ3v) is 5.57. The number of fused-ring (bicyclic) bond motifs is 1. The lowest BCUT2D eigenvalue weighted by molar-refractivity contribution is -0.132. The van der Waals surface area contributed by atoms with E-state index >= 15 is 0 Å². The van der Waals surface area contributed by atoms with E-state index in [1.54, 1.807) is 54.3 Å². The molecule has 3 aromatic rings. The predicted molar refractivity (Wildman–Crippen MR) is 113 cm³/mol. The Bertz CT molecular complexity index is 1210. The first-order valence-electron chi connectivity index (χ1n) is 10.0. The van der Waals surface area contributed by atoms with Crippen LogP contribution in [0.5, 0.6) is 0 Å². The van der Waals surface area contributed by atoms with Crippen LogP contribution >= 0.6 is 0 Å². The Morgan fingerprint density at radius 1 is 0.867 bits per heavy atom. The second-order valence-electron chi connectivity index (χ2n) is 7.25. The molecule has 1 aliphatic heterocycles. The highest BCUT2D eigenvalue weighted by Gasteiger charge is 2.24. The number of carbonyl (C=O) groups is 1. The molecule has 0 saturated carbocycles. The average Bonchev–Trinajstić information content (AvgIpc) is 2.77. The van der Waals surface area contributed by atoms with Gasteiger partial charge >= 0.3 is 11.1 Å². The summed E-state index contributed by atoms with van der Waals surface area (Å²) in [7, 11) is 0. The molecule has 1 amide bonds. The van der Waals surface area contributed by atoms with Crippen LogP contribution in [-0.2, 0) is 17.9 Å². The van der Waals surface area contributed by atoms with Crippen LogP contribution in [0.4, 0.5) is 10.1 Å². The molecule has 2 aromatic carbocycles. The van der Waals surface area contributed by atoms with E-state index in [0.717, 1.165) is 0 Å². The van der Waals surface area contributed by atoms with Gasteiger partial charge in [-0.15, -0.1) is 0 Å². The zero-order valence-corrected chi connectivity index (χ0v) is 16.8. The van der Waals surface area contributed by atoms with Crippen LogP contribution in [-0.4, -0.2) is 46.1 Å². The van der Waals surface area contributed by atoms with E-state index in [2.05, 4.69) is 0 Å². The highest BCUT2D eigenvalue weighted by molar-refractivity contribution is 5.80. The molecule has 1 aliphatic rings. The summed E-state index contributed by atoms with van der Waals surface area (Å²) in [6.45, 7) is 3.83. The number of nitrogens with zero attached hydrogens (tertiary/aromatic N) is 4. The van der Waals surface area contributed by atoms with Gasteiger partial charge < -0.3 is 14.4 Å². The van der Waals surface area contributed by atoms with Gasteiger partial charge in [0, 0.05) is 32.7 Å². The van der Waals surface area contributed by atoms with Crippen LogP contribution in [0.1, 0.15) is 6.92 Å². The van der Waals surface area contributed by atoms with Crippen LogP contribution in [0.15, 0.2) is 58.1 Å². The van der Waals surface area contributed by atoms with Gasteiger partial charge in [-0.1, -0.05) is 24.3 Å². The molecule has 1 fully saturated rings. The molecule has 1 saturated heterocycles. The van der Waals surface area contributed by atoms with Crippen LogP contribution in [0.3, 0.4) is 0 Å². The molecule has 30 heavy (non-hydrogen) atoms. The maximum Gasteiger partial charge on any atom is 0.317 e. The molecule has 0 N–H and O–H groups in total. The minimum absolute atomic E-state index is 0.196. The second kappa shape index (κ2) is 8.14. The van der Waals surface area contributed by atoms with Gasteiger partial charge in [-0.3, -0.25) is 19.0 Å². The van der Waals surface area contributed by atoms with Crippen molar-refractivity contribution in [3.63, 3.8) is 0 Å². The number of aromatic nitrogens is 2. The highest BCUT2D eigenvalue weighted by Crippen LogP contribution is 2.20. The molecule has 4 rings (SSSR count). The number of rotatable bonds is 4. The Kier molecular flexibility index (Phi) is 5.39. The maximum absolute atomic E-state index is 14.0. The molecule has 8 heteroatoms. The minimum Gasteiger partial charge on any atom is -0.366 e. The normalized spacial score (nSPS) is 14.3. The van der Waals surface area contributed by atoms with E-state index in [1.807, 2.05) is 4.90 Å². The first-order valence-corrected chi connectivity index (χ1v) is 10.0. The Labute approximate surface area is 172 Å². The van der Waals surface area contributed by atoms with E-state index in [1.165, 1.54) is 15.2 Å². The summed E-state index contributed by atoms with van der Waals surface area (Å²) in [5.74, 6) is -0.518. The zero-order valence-electron chi connectivity index (χ0n) is 16.8. The van der Waals surface area contributed by atoms with Crippen molar-refractivity contribution in [2.75, 3.05) is 31.1 Å². The predicted octanol–water partition coefficient (Wildman–Crippen LogP) is 1.67. The second-order valence-corrected chi connectivity index (χ2v) is 7.25. The summed E-state index contributed by atoms with van der Waals surface area (Å²) < 4.78 is 16.7. The highest BCUT2D eigenvalue weighted by atomic mass is 19.1. The van der Waals surface area contributed by atoms with Crippen molar-refractivity contribution in [3.8, 4) is 0 Å². The summed E-state index contributed by atoms with van der Waals surface area (Å²) in [5, 5.41) is 0. The quantitative estimate of drug-likeness (QED) is 0.614. The molecular weight excluding hydrogens is 387 g/mol. The monoisotopic (exact) mass is 410 g/mol. The lowest BCUT2D eigenvalue weighted by Crippen LogP contribution is -2.51. The standard InChI is InChI=1S/C22H23FN4O3/c1-2-26-18-9-5-6-10-19(18)27(22(30)21(26)29)15-20(28)25-13-11-24(12-14-25)17-8-4-3-7-16(17)23/h3-10H,2,11-15H2,1H3. The van der Waals surface area contributed by atoms with E-state index in [-0.39, 0.29) is 18.3 Å². The number of piperazine rings is 1. The summed E-state index contributed by atoms with van der Waals surface area (Å²) >= 11 is 0. The molecule has 156 valence electrons. The third kappa shape index (κ3) is 3.49. The van der Waals surface area contributed by atoms with E-state index in [9.17, 15) is 18.8 Å². The summed E-state index contributed by atoms with van der Waals surface area (Å²) in [5.41, 5.74) is 0.376. The molecule has 0 spiro atoms. The van der Waals surface area contributed by atoms with Crippen LogP contribution < -0.4 is 16.0 Å². The average molecular weight is 410 g/mol. The summed E-state index contributed by atoms with van der Waals surface area (Å²) in [6.07, 6.45) is 0. The lowest BCUT2D eigenvalue weighted by Gasteiger charge is -2.36. The fourth-order valence-corrected chi connectivity index (χ4v) is 3.98. The van der Waals surface area contributed by atoms with Crippen molar-refractivity contribution in [1.29, 1.82) is 0 Å². The van der Waals surface area contributed by atoms with Gasteiger partial charge in [-0.25, -0.2) is 4.39 Å². The number of halogens is 1. The van der Waals surface area contributed by atoms with Gasteiger partial charge in [0.1, 0.15) is 12.4 Å². The number of aryl methyl sites for hydroxylation is 1. The van der Waals surface area contributed by atoms with E-state index in [0.29, 0.717) is 49.4 Å². The number of amides is 1. The Morgan fingerprint density at radius 3 is 2.07 bits per heavy atom. The number of para-hydroxylation sites is 3. The lowest BCUT2D eigenvalue weighted by atomic mass is 10.2. The van der Waals surface area contributed by atoms with Gasteiger partial charge in [0.15, 0.2) is 0 Å². The number of hydrogen-bond donors (Lipinski definition) is 0. The van der Waals surface area contributed by atoms with Crippen molar-refractivity contribution in [2.45, 2.75) is 20.0 Å². The van der Waals surface area contributed by atoms with Gasteiger partial charge in [-0.2, -0.15) is 0 Å². The molecular formula is C22H23FN4O3. The van der Waals surface area contributed by atoms with Crippen molar-refractivity contribution in [1.82, 2.24) is 14.0 Å². The van der Waals surface area contributed by atoms with E-state index in [4.69, 9.17) is 0 Å². The SMILES string of the molecule is CCn1c(=O)c(=O)n(CC(=O)N2CCN(c3ccccc3F)CC2)c2ccccc21. The fourth-order valence-electron chi connectivity index (χ4n) is 3.98. The van der Waals surface area contributed by atoms with Gasteiger partial charge in [0.25, 0.3) is 0 Å². The van der Waals surface area contributed by atoms with Crippen molar-refractivity contribution >= 4 is 22.6 Å². The Hall–Kier alpha value is -3.42. The molecule has 0 atom stereocenters. The topological polar surface area (TPSA) is 67.5 Å². The largest absolute Gasteiger partial charge is 0.366 e. The van der Waals surface area contributed by atoms with Crippen LogP contribution in [0, 0.1) is 5.82 Å². The Morgan fingerprint density at radius 2 is 1.43 bits per heavy atom. The summed E-state index contributed by atoms with van der Waals surface area (Å²) in [6, 6.07) is 13.7. The molecule has 0 radical (unpaired) electrons. The van der Waals surface area contributed by atoms with Crippen LogP contribution in [0.25, 0.3) is 11.0 Å². The first-order chi connectivity index (χ1) is 14.5. The fraction of sp³-hybridized carbons (Fsp3) is 0.318. The number of anilines is 1. The van der Waals surface area contributed by atoms with E-state index < -0.39 is 11.1 Å². The molecule has 0 aliphatic carbocycles. The first kappa shape index (κ1) is 19.9. The van der Waals surface area contributed by atoms with Gasteiger partial charge in [-0.05, 0) is 31.2 Å². The van der Waals surface area contributed by atoms with Gasteiger partial charge in [0.2, 0.25) is 5.91 Å². The van der Waals surface area contributed by atoms with Crippen molar-refractivity contribution in [2.24, 2.45) is 0 Å². The Balaban J connectivity index is 1.55. The molecule has 0 unspecified atom stereocenters. The number of carbonyl (C=O) groups excluding carboxylic acids is 1. The molecule has 2 heterocycles. The summed E-state index contributed by atoms with van der Waals surface area (Å²) in [4.78, 5) is 41.6. The molecule has 1 aromatic heterocycles. The third-order valence-electron chi connectivity index (χ3n) is 5.57. The van der Waals surface area contributed by atoms with Crippen LogP contribution in [0.2, 0.25) is 0 Å². The van der Waals surface area contributed by atoms with Gasteiger partial charge in [0.05, 0.1) is 16.7 Å². The zero-order chi connectivity index (χ0) is 21.3. The van der Waals surface area contributed by atoms with Crippen molar-refractivity contribution in [3.05, 3.63) is 75.1 Å². The number of hydrogen-bond acceptors (Lipinski definition) is 4.